The predicted molar refractivity (Wildman–Crippen MR) is 56.6 cm³/mol. The van der Waals surface area contributed by atoms with Crippen molar-refractivity contribution < 1.29 is 4.39 Å². The third-order valence-corrected chi connectivity index (χ3v) is 2.38. The van der Waals surface area contributed by atoms with Crippen LogP contribution in [0.4, 0.5) is 4.39 Å². The van der Waals surface area contributed by atoms with Gasteiger partial charge in [-0.3, -0.25) is 15.5 Å². The largest absolute Gasteiger partial charge is 0.271 e. The predicted octanol–water partition coefficient (Wildman–Crippen LogP) is 0.507. The molecule has 84 valence electrons. The van der Waals surface area contributed by atoms with E-state index in [4.69, 9.17) is 5.84 Å². The quantitative estimate of drug-likeness (QED) is 0.585. The second-order valence-electron chi connectivity index (χ2n) is 3.35. The second kappa shape index (κ2) is 4.38. The number of aryl methyl sites for hydroxylation is 1. The number of hydrogen-bond donors (Lipinski definition) is 2. The standard InChI is InChI=1S/C10H12FN5/c1-16-8(4-6-14-16)10(15-12)9-7(11)3-2-5-13-9/h2-6,10,15H,12H2,1H3. The van der Waals surface area contributed by atoms with Crippen LogP contribution in [0, 0.1) is 5.82 Å². The summed E-state index contributed by atoms with van der Waals surface area (Å²) in [7, 11) is 1.76. The van der Waals surface area contributed by atoms with E-state index in [2.05, 4.69) is 15.5 Å². The highest BCUT2D eigenvalue weighted by Gasteiger charge is 2.20. The van der Waals surface area contributed by atoms with Crippen molar-refractivity contribution in [2.24, 2.45) is 12.9 Å². The maximum atomic E-state index is 13.6. The number of nitrogens with one attached hydrogen (secondary N) is 1. The zero-order chi connectivity index (χ0) is 11.5. The molecule has 2 aromatic heterocycles. The summed E-state index contributed by atoms with van der Waals surface area (Å²) in [6.45, 7) is 0. The first-order valence-electron chi connectivity index (χ1n) is 4.78. The van der Waals surface area contributed by atoms with E-state index in [0.29, 0.717) is 0 Å². The lowest BCUT2D eigenvalue weighted by Crippen LogP contribution is -2.31. The van der Waals surface area contributed by atoms with Crippen LogP contribution in [0.5, 0.6) is 0 Å². The highest BCUT2D eigenvalue weighted by Crippen LogP contribution is 2.20. The Labute approximate surface area is 92.1 Å². The van der Waals surface area contributed by atoms with E-state index in [-0.39, 0.29) is 5.69 Å². The summed E-state index contributed by atoms with van der Waals surface area (Å²) < 4.78 is 15.2. The third kappa shape index (κ3) is 1.80. The van der Waals surface area contributed by atoms with Gasteiger partial charge in [0.05, 0.1) is 5.69 Å². The maximum Gasteiger partial charge on any atom is 0.146 e. The molecule has 3 N–H and O–H groups in total. The van der Waals surface area contributed by atoms with Gasteiger partial charge in [-0.05, 0) is 18.2 Å². The minimum absolute atomic E-state index is 0.258. The topological polar surface area (TPSA) is 68.8 Å². The first-order valence-corrected chi connectivity index (χ1v) is 4.78. The summed E-state index contributed by atoms with van der Waals surface area (Å²) in [5.41, 5.74) is 3.55. The van der Waals surface area contributed by atoms with Gasteiger partial charge >= 0.3 is 0 Å². The van der Waals surface area contributed by atoms with Gasteiger partial charge in [-0.15, -0.1) is 0 Å². The molecule has 5 nitrogen and oxygen atoms in total. The molecule has 0 spiro atoms. The molecule has 0 fully saturated rings. The second-order valence-corrected chi connectivity index (χ2v) is 3.35. The molecular formula is C10H12FN5. The Kier molecular flexibility index (Phi) is 2.93. The molecule has 0 bridgehead atoms. The van der Waals surface area contributed by atoms with Crippen molar-refractivity contribution in [1.29, 1.82) is 0 Å². The Morgan fingerprint density at radius 3 is 2.81 bits per heavy atom. The van der Waals surface area contributed by atoms with E-state index in [1.54, 1.807) is 24.0 Å². The molecular weight excluding hydrogens is 209 g/mol. The molecule has 16 heavy (non-hydrogen) atoms. The monoisotopic (exact) mass is 221 g/mol. The molecule has 0 amide bonds. The van der Waals surface area contributed by atoms with E-state index in [1.807, 2.05) is 0 Å². The van der Waals surface area contributed by atoms with E-state index >= 15 is 0 Å². The summed E-state index contributed by atoms with van der Waals surface area (Å²) >= 11 is 0. The lowest BCUT2D eigenvalue weighted by Gasteiger charge is -2.15. The number of rotatable bonds is 3. The first-order chi connectivity index (χ1) is 7.74. The maximum absolute atomic E-state index is 13.6. The Morgan fingerprint density at radius 2 is 2.25 bits per heavy atom. The molecule has 2 rings (SSSR count). The molecule has 0 aromatic carbocycles. The smallest absolute Gasteiger partial charge is 0.146 e. The zero-order valence-electron chi connectivity index (χ0n) is 8.76. The fourth-order valence-electron chi connectivity index (χ4n) is 1.58. The van der Waals surface area contributed by atoms with Gasteiger partial charge in [-0.25, -0.2) is 9.82 Å². The number of nitrogens with two attached hydrogens (primary N) is 1. The minimum atomic E-state index is -0.506. The fraction of sp³-hybridized carbons (Fsp3) is 0.200. The molecule has 2 aromatic rings. The van der Waals surface area contributed by atoms with Gasteiger partial charge in [0.1, 0.15) is 17.6 Å². The van der Waals surface area contributed by atoms with Crippen molar-refractivity contribution in [3.63, 3.8) is 0 Å². The molecule has 2 heterocycles. The van der Waals surface area contributed by atoms with Gasteiger partial charge in [-0.2, -0.15) is 5.10 Å². The minimum Gasteiger partial charge on any atom is -0.271 e. The molecule has 0 saturated heterocycles. The average molecular weight is 221 g/mol. The van der Waals surface area contributed by atoms with Crippen LogP contribution in [0.2, 0.25) is 0 Å². The molecule has 1 atom stereocenters. The van der Waals surface area contributed by atoms with E-state index in [9.17, 15) is 4.39 Å². The highest BCUT2D eigenvalue weighted by atomic mass is 19.1. The molecule has 0 radical (unpaired) electrons. The van der Waals surface area contributed by atoms with Crippen molar-refractivity contribution in [2.45, 2.75) is 6.04 Å². The number of aromatic nitrogens is 3. The van der Waals surface area contributed by atoms with Crippen molar-refractivity contribution >= 4 is 0 Å². The van der Waals surface area contributed by atoms with Crippen LogP contribution in [0.25, 0.3) is 0 Å². The fourth-order valence-corrected chi connectivity index (χ4v) is 1.58. The van der Waals surface area contributed by atoms with Crippen LogP contribution in [0.15, 0.2) is 30.6 Å². The van der Waals surface area contributed by atoms with Gasteiger partial charge < -0.3 is 0 Å². The van der Waals surface area contributed by atoms with Gasteiger partial charge in [0, 0.05) is 19.4 Å². The SMILES string of the molecule is Cn1nccc1C(NN)c1ncccc1F. The Bertz CT molecular complexity index is 482. The lowest BCUT2D eigenvalue weighted by molar-refractivity contribution is 0.518. The number of pyridine rings is 1. The number of hydrazine groups is 1. The van der Waals surface area contributed by atoms with Crippen molar-refractivity contribution in [1.82, 2.24) is 20.2 Å². The summed E-state index contributed by atoms with van der Waals surface area (Å²) in [5.74, 6) is 5.04. The van der Waals surface area contributed by atoms with Crippen LogP contribution < -0.4 is 11.3 Å². The van der Waals surface area contributed by atoms with E-state index < -0.39 is 11.9 Å². The number of nitrogens with zero attached hydrogens (tertiary/aromatic N) is 3. The summed E-state index contributed by atoms with van der Waals surface area (Å²) in [6.07, 6.45) is 3.15. The molecule has 0 aliphatic carbocycles. The van der Waals surface area contributed by atoms with Gasteiger partial charge in [0.25, 0.3) is 0 Å². The average Bonchev–Trinajstić information content (AvgIpc) is 2.69. The van der Waals surface area contributed by atoms with Crippen molar-refractivity contribution in [3.05, 3.63) is 47.8 Å². The van der Waals surface area contributed by atoms with Gasteiger partial charge in [-0.1, -0.05) is 0 Å². The molecule has 0 aliphatic heterocycles. The normalized spacial score (nSPS) is 12.7. The van der Waals surface area contributed by atoms with Crippen LogP contribution in [0.3, 0.4) is 0 Å². The summed E-state index contributed by atoms with van der Waals surface area (Å²) in [5, 5.41) is 4.01. The van der Waals surface area contributed by atoms with Crippen molar-refractivity contribution in [2.75, 3.05) is 0 Å². The van der Waals surface area contributed by atoms with E-state index in [1.165, 1.54) is 18.3 Å². The molecule has 6 heteroatoms. The van der Waals surface area contributed by atoms with Crippen LogP contribution in [0.1, 0.15) is 17.4 Å². The van der Waals surface area contributed by atoms with Gasteiger partial charge in [0.15, 0.2) is 0 Å². The molecule has 0 saturated carbocycles. The number of hydrogen-bond acceptors (Lipinski definition) is 4. The number of halogens is 1. The Balaban J connectivity index is 2.45. The van der Waals surface area contributed by atoms with Crippen LogP contribution in [-0.4, -0.2) is 14.8 Å². The third-order valence-electron chi connectivity index (χ3n) is 2.38. The highest BCUT2D eigenvalue weighted by molar-refractivity contribution is 5.22. The Hall–Kier alpha value is -1.79. The molecule has 1 unspecified atom stereocenters. The van der Waals surface area contributed by atoms with E-state index in [0.717, 1.165) is 5.69 Å². The Morgan fingerprint density at radius 1 is 1.44 bits per heavy atom. The zero-order valence-corrected chi connectivity index (χ0v) is 8.76. The van der Waals surface area contributed by atoms with Gasteiger partial charge in [0.2, 0.25) is 0 Å². The van der Waals surface area contributed by atoms with Crippen molar-refractivity contribution in [3.8, 4) is 0 Å². The summed E-state index contributed by atoms with van der Waals surface area (Å²) in [6, 6.07) is 4.14. The van der Waals surface area contributed by atoms with Crippen LogP contribution >= 0.6 is 0 Å². The van der Waals surface area contributed by atoms with Crippen LogP contribution in [-0.2, 0) is 7.05 Å². The lowest BCUT2D eigenvalue weighted by atomic mass is 10.1. The first kappa shape index (κ1) is 10.7. The molecule has 0 aliphatic rings. The summed E-state index contributed by atoms with van der Waals surface area (Å²) in [4.78, 5) is 3.99.